The molecule has 0 aliphatic heterocycles. The van der Waals surface area contributed by atoms with E-state index in [-0.39, 0.29) is 18.4 Å². The molecule has 0 radical (unpaired) electrons. The number of hydrogen-bond donors (Lipinski definition) is 2. The second-order valence-electron chi connectivity index (χ2n) is 7.84. The Hall–Kier alpha value is -3.09. The first-order valence-corrected chi connectivity index (χ1v) is 10.8. The molecule has 1 fully saturated rings. The number of amides is 2. The van der Waals surface area contributed by atoms with E-state index in [0.29, 0.717) is 24.8 Å². The van der Waals surface area contributed by atoms with Crippen LogP contribution in [0.3, 0.4) is 0 Å². The molecule has 0 bridgehead atoms. The predicted octanol–water partition coefficient (Wildman–Crippen LogP) is 3.44. The number of nitrogens with zero attached hydrogens (tertiary/aromatic N) is 2. The Morgan fingerprint density at radius 2 is 1.93 bits per heavy atom. The third-order valence-electron chi connectivity index (χ3n) is 5.61. The number of benzene rings is 1. The van der Waals surface area contributed by atoms with Gasteiger partial charge in [0.15, 0.2) is 5.76 Å². The van der Waals surface area contributed by atoms with Crippen LogP contribution in [0.5, 0.6) is 0 Å². The summed E-state index contributed by atoms with van der Waals surface area (Å²) in [6.45, 7) is 0.780. The molecule has 3 aromatic rings. The molecule has 0 unspecified atom stereocenters. The van der Waals surface area contributed by atoms with Gasteiger partial charge in [-0.1, -0.05) is 31.4 Å². The molecular weight excluding hydrogens is 380 g/mol. The fourth-order valence-corrected chi connectivity index (χ4v) is 4.10. The second-order valence-corrected chi connectivity index (χ2v) is 7.84. The molecule has 7 heteroatoms. The van der Waals surface area contributed by atoms with Crippen LogP contribution in [0.25, 0.3) is 11.0 Å². The van der Waals surface area contributed by atoms with Gasteiger partial charge in [0.05, 0.1) is 17.3 Å². The van der Waals surface area contributed by atoms with Crippen LogP contribution in [-0.4, -0.2) is 34.0 Å². The van der Waals surface area contributed by atoms with Gasteiger partial charge >= 0.3 is 0 Å². The quantitative estimate of drug-likeness (QED) is 0.559. The maximum Gasteiger partial charge on any atom is 0.286 e. The van der Waals surface area contributed by atoms with Crippen molar-refractivity contribution in [3.05, 3.63) is 54.2 Å². The van der Waals surface area contributed by atoms with Crippen molar-refractivity contribution in [2.45, 2.75) is 57.5 Å². The maximum atomic E-state index is 12.7. The molecule has 0 saturated heterocycles. The van der Waals surface area contributed by atoms with E-state index >= 15 is 0 Å². The highest BCUT2D eigenvalue weighted by Crippen LogP contribution is 2.19. The predicted molar refractivity (Wildman–Crippen MR) is 114 cm³/mol. The van der Waals surface area contributed by atoms with E-state index in [1.807, 2.05) is 28.8 Å². The Labute approximate surface area is 175 Å². The van der Waals surface area contributed by atoms with Gasteiger partial charge in [-0.25, -0.2) is 4.98 Å². The maximum absolute atomic E-state index is 12.7. The van der Waals surface area contributed by atoms with Crippen molar-refractivity contribution in [3.63, 3.8) is 0 Å². The first-order chi connectivity index (χ1) is 14.7. The van der Waals surface area contributed by atoms with Crippen LogP contribution < -0.4 is 10.6 Å². The average Bonchev–Trinajstić information content (AvgIpc) is 3.41. The molecule has 2 N–H and O–H groups in total. The smallest absolute Gasteiger partial charge is 0.286 e. The van der Waals surface area contributed by atoms with Crippen LogP contribution in [0, 0.1) is 0 Å². The van der Waals surface area contributed by atoms with Gasteiger partial charge in [0, 0.05) is 19.0 Å². The fourth-order valence-electron chi connectivity index (χ4n) is 4.10. The molecular formula is C23H28N4O3. The zero-order valence-corrected chi connectivity index (χ0v) is 17.1. The van der Waals surface area contributed by atoms with Gasteiger partial charge in [-0.2, -0.15) is 0 Å². The molecule has 2 heterocycles. The Bertz CT molecular complexity index is 987. The molecule has 2 amide bonds. The number of imidazole rings is 1. The van der Waals surface area contributed by atoms with Crippen molar-refractivity contribution < 1.29 is 14.0 Å². The molecule has 158 valence electrons. The molecule has 1 saturated carbocycles. The average molecular weight is 409 g/mol. The number of aryl methyl sites for hydroxylation is 1. The standard InChI is InChI=1S/C23H28N4O3/c28-22(25-17-8-2-1-3-9-17)16-27-19-11-5-4-10-18(19)26-21(27)13-6-14-24-23(29)20-12-7-15-30-20/h4-5,7,10-12,15,17H,1-3,6,8-9,13-14,16H2,(H,24,29)(H,25,28). The number of aromatic nitrogens is 2. The van der Waals surface area contributed by atoms with Gasteiger partial charge in [0.25, 0.3) is 5.91 Å². The molecule has 0 spiro atoms. The highest BCUT2D eigenvalue weighted by molar-refractivity contribution is 5.91. The minimum Gasteiger partial charge on any atom is -0.459 e. The van der Waals surface area contributed by atoms with E-state index in [1.165, 1.54) is 25.5 Å². The third-order valence-corrected chi connectivity index (χ3v) is 5.61. The summed E-state index contributed by atoms with van der Waals surface area (Å²) in [5, 5.41) is 6.05. The zero-order chi connectivity index (χ0) is 20.8. The Morgan fingerprint density at radius 1 is 1.10 bits per heavy atom. The van der Waals surface area contributed by atoms with Crippen molar-refractivity contribution in [3.8, 4) is 0 Å². The fraction of sp³-hybridized carbons (Fsp3) is 0.435. The highest BCUT2D eigenvalue weighted by Gasteiger charge is 2.18. The number of para-hydroxylation sites is 2. The van der Waals surface area contributed by atoms with Gasteiger partial charge in [-0.05, 0) is 43.5 Å². The van der Waals surface area contributed by atoms with Crippen LogP contribution >= 0.6 is 0 Å². The zero-order valence-electron chi connectivity index (χ0n) is 17.1. The lowest BCUT2D eigenvalue weighted by molar-refractivity contribution is -0.122. The Kier molecular flexibility index (Phi) is 6.47. The normalized spacial score (nSPS) is 14.7. The number of hydrogen-bond acceptors (Lipinski definition) is 4. The van der Waals surface area contributed by atoms with Gasteiger partial charge in [-0.3, -0.25) is 9.59 Å². The van der Waals surface area contributed by atoms with Crippen LogP contribution in [0.15, 0.2) is 47.1 Å². The number of nitrogens with one attached hydrogen (secondary N) is 2. The summed E-state index contributed by atoms with van der Waals surface area (Å²) in [6.07, 6.45) is 8.65. The first-order valence-electron chi connectivity index (χ1n) is 10.8. The van der Waals surface area contributed by atoms with E-state index < -0.39 is 0 Å². The topological polar surface area (TPSA) is 89.2 Å². The minimum atomic E-state index is -0.222. The van der Waals surface area contributed by atoms with E-state index in [0.717, 1.165) is 36.1 Å². The van der Waals surface area contributed by atoms with Gasteiger partial charge < -0.3 is 19.6 Å². The third kappa shape index (κ3) is 4.90. The second kappa shape index (κ2) is 9.61. The molecule has 2 aromatic heterocycles. The Morgan fingerprint density at radius 3 is 2.73 bits per heavy atom. The molecule has 1 aromatic carbocycles. The van der Waals surface area contributed by atoms with Gasteiger partial charge in [-0.15, -0.1) is 0 Å². The Balaban J connectivity index is 1.38. The summed E-state index contributed by atoms with van der Waals surface area (Å²) in [5.74, 6) is 0.988. The number of carbonyl (C=O) groups excluding carboxylic acids is 2. The number of furan rings is 1. The van der Waals surface area contributed by atoms with Crippen LogP contribution in [0.2, 0.25) is 0 Å². The van der Waals surface area contributed by atoms with Crippen molar-refractivity contribution in [1.29, 1.82) is 0 Å². The lowest BCUT2D eigenvalue weighted by Crippen LogP contribution is -2.38. The molecule has 4 rings (SSSR count). The summed E-state index contributed by atoms with van der Waals surface area (Å²) in [4.78, 5) is 29.4. The summed E-state index contributed by atoms with van der Waals surface area (Å²) >= 11 is 0. The monoisotopic (exact) mass is 408 g/mol. The molecule has 30 heavy (non-hydrogen) atoms. The van der Waals surface area contributed by atoms with Crippen LogP contribution in [0.1, 0.15) is 54.9 Å². The molecule has 1 aliphatic carbocycles. The number of carbonyl (C=O) groups is 2. The minimum absolute atomic E-state index is 0.0393. The lowest BCUT2D eigenvalue weighted by atomic mass is 9.95. The van der Waals surface area contributed by atoms with Crippen LogP contribution in [-0.2, 0) is 17.8 Å². The molecule has 7 nitrogen and oxygen atoms in total. The first kappa shape index (κ1) is 20.2. The summed E-state index contributed by atoms with van der Waals surface area (Å²) in [6, 6.07) is 11.5. The SMILES string of the molecule is O=C(Cn1c(CCCNC(=O)c2ccco2)nc2ccccc21)NC1CCCCC1. The molecule has 0 atom stereocenters. The van der Waals surface area contributed by atoms with Crippen molar-refractivity contribution in [2.24, 2.45) is 0 Å². The molecule has 1 aliphatic rings. The number of rotatable bonds is 8. The van der Waals surface area contributed by atoms with Crippen molar-refractivity contribution >= 4 is 22.8 Å². The summed E-state index contributed by atoms with van der Waals surface area (Å²) in [5.41, 5.74) is 1.85. The summed E-state index contributed by atoms with van der Waals surface area (Å²) < 4.78 is 7.10. The lowest BCUT2D eigenvalue weighted by Gasteiger charge is -2.23. The summed E-state index contributed by atoms with van der Waals surface area (Å²) in [7, 11) is 0. The van der Waals surface area contributed by atoms with Crippen molar-refractivity contribution in [1.82, 2.24) is 20.2 Å². The van der Waals surface area contributed by atoms with Crippen LogP contribution in [0.4, 0.5) is 0 Å². The number of fused-ring (bicyclic) bond motifs is 1. The van der Waals surface area contributed by atoms with Gasteiger partial charge in [0.2, 0.25) is 5.91 Å². The largest absolute Gasteiger partial charge is 0.459 e. The van der Waals surface area contributed by atoms with E-state index in [2.05, 4.69) is 10.6 Å². The van der Waals surface area contributed by atoms with Crippen molar-refractivity contribution in [2.75, 3.05) is 6.54 Å². The van der Waals surface area contributed by atoms with E-state index in [9.17, 15) is 9.59 Å². The highest BCUT2D eigenvalue weighted by atomic mass is 16.3. The van der Waals surface area contributed by atoms with Gasteiger partial charge in [0.1, 0.15) is 12.4 Å². The van der Waals surface area contributed by atoms with E-state index in [4.69, 9.17) is 9.40 Å². The van der Waals surface area contributed by atoms with E-state index in [1.54, 1.807) is 12.1 Å².